The summed E-state index contributed by atoms with van der Waals surface area (Å²) in [5.41, 5.74) is 0. The van der Waals surface area contributed by atoms with Gasteiger partial charge in [-0.1, -0.05) is 6.92 Å². The number of halogens is 1. The summed E-state index contributed by atoms with van der Waals surface area (Å²) in [5, 5.41) is 0. The van der Waals surface area contributed by atoms with E-state index in [-0.39, 0.29) is 0 Å². The molecule has 0 heterocycles. The molecular formula is C6H11F. The summed E-state index contributed by atoms with van der Waals surface area (Å²) < 4.78 is 12.3. The standard InChI is InChI=1S/C6H11F/c1-2-6(7)5-3-4-5/h5-6H,2-4H2,1H3/t6-/m0/s1. The molecule has 0 aromatic heterocycles. The second-order valence-corrected chi connectivity index (χ2v) is 2.26. The molecule has 0 N–H and O–H groups in total. The molecule has 1 atom stereocenters. The van der Waals surface area contributed by atoms with Crippen molar-refractivity contribution in [3.05, 3.63) is 0 Å². The fourth-order valence-corrected chi connectivity index (χ4v) is 0.791. The van der Waals surface area contributed by atoms with Crippen LogP contribution in [0.3, 0.4) is 0 Å². The van der Waals surface area contributed by atoms with E-state index < -0.39 is 6.17 Å². The van der Waals surface area contributed by atoms with Gasteiger partial charge in [-0.25, -0.2) is 4.39 Å². The molecule has 42 valence electrons. The van der Waals surface area contributed by atoms with Crippen molar-refractivity contribution in [1.82, 2.24) is 0 Å². The van der Waals surface area contributed by atoms with E-state index in [9.17, 15) is 4.39 Å². The van der Waals surface area contributed by atoms with E-state index in [4.69, 9.17) is 0 Å². The maximum absolute atomic E-state index is 12.3. The van der Waals surface area contributed by atoms with Gasteiger partial charge in [-0.05, 0) is 25.2 Å². The van der Waals surface area contributed by atoms with Crippen molar-refractivity contribution >= 4 is 0 Å². The van der Waals surface area contributed by atoms with Gasteiger partial charge in [0.25, 0.3) is 0 Å². The van der Waals surface area contributed by atoms with Crippen LogP contribution < -0.4 is 0 Å². The first-order valence-corrected chi connectivity index (χ1v) is 2.98. The molecule has 1 aliphatic carbocycles. The lowest BCUT2D eigenvalue weighted by atomic mass is 10.2. The van der Waals surface area contributed by atoms with Gasteiger partial charge in [0, 0.05) is 0 Å². The molecule has 0 spiro atoms. The van der Waals surface area contributed by atoms with Gasteiger partial charge in [-0.2, -0.15) is 0 Å². The fraction of sp³-hybridized carbons (Fsp3) is 1.00. The molecule has 1 heteroatoms. The summed E-state index contributed by atoms with van der Waals surface area (Å²) in [6, 6.07) is 0. The Balaban J connectivity index is 2.10. The van der Waals surface area contributed by atoms with Crippen LogP contribution in [0.15, 0.2) is 0 Å². The zero-order valence-corrected chi connectivity index (χ0v) is 4.65. The number of alkyl halides is 1. The minimum atomic E-state index is -0.486. The van der Waals surface area contributed by atoms with Crippen molar-refractivity contribution < 1.29 is 4.39 Å². The number of hydrogen-bond acceptors (Lipinski definition) is 0. The molecule has 1 fully saturated rings. The van der Waals surface area contributed by atoms with E-state index in [0.29, 0.717) is 12.3 Å². The average molecular weight is 102 g/mol. The van der Waals surface area contributed by atoms with Gasteiger partial charge in [-0.3, -0.25) is 0 Å². The molecule has 1 aliphatic rings. The molecule has 0 saturated heterocycles. The molecule has 0 nitrogen and oxygen atoms in total. The molecular weight excluding hydrogens is 91.1 g/mol. The van der Waals surface area contributed by atoms with E-state index in [1.54, 1.807) is 0 Å². The van der Waals surface area contributed by atoms with Crippen molar-refractivity contribution in [3.8, 4) is 0 Å². The second-order valence-electron chi connectivity index (χ2n) is 2.26. The molecule has 7 heavy (non-hydrogen) atoms. The van der Waals surface area contributed by atoms with Crippen molar-refractivity contribution in [2.45, 2.75) is 32.4 Å². The van der Waals surface area contributed by atoms with Gasteiger partial charge in [-0.15, -0.1) is 0 Å². The summed E-state index contributed by atoms with van der Waals surface area (Å²) in [6.45, 7) is 1.91. The molecule has 0 radical (unpaired) electrons. The van der Waals surface area contributed by atoms with Crippen LogP contribution in [0.4, 0.5) is 4.39 Å². The lowest BCUT2D eigenvalue weighted by Gasteiger charge is -1.97. The van der Waals surface area contributed by atoms with Crippen LogP contribution in [0.2, 0.25) is 0 Å². The van der Waals surface area contributed by atoms with Crippen LogP contribution in [0.25, 0.3) is 0 Å². The van der Waals surface area contributed by atoms with Gasteiger partial charge in [0.05, 0.1) is 0 Å². The van der Waals surface area contributed by atoms with E-state index in [1.165, 1.54) is 0 Å². The topological polar surface area (TPSA) is 0 Å². The molecule has 1 rings (SSSR count). The molecule has 0 amide bonds. The third-order valence-corrected chi connectivity index (χ3v) is 1.52. The first kappa shape index (κ1) is 5.07. The summed E-state index contributed by atoms with van der Waals surface area (Å²) in [4.78, 5) is 0. The van der Waals surface area contributed by atoms with E-state index in [0.717, 1.165) is 12.8 Å². The average Bonchev–Trinajstić information content (AvgIpc) is 2.44. The van der Waals surface area contributed by atoms with Gasteiger partial charge in [0.1, 0.15) is 6.17 Å². The Morgan fingerprint density at radius 1 is 1.71 bits per heavy atom. The predicted molar refractivity (Wildman–Crippen MR) is 27.9 cm³/mol. The normalized spacial score (nSPS) is 24.9. The zero-order chi connectivity index (χ0) is 5.28. The Morgan fingerprint density at radius 2 is 2.29 bits per heavy atom. The smallest absolute Gasteiger partial charge is 0.103 e. The second kappa shape index (κ2) is 1.81. The largest absolute Gasteiger partial charge is 0.247 e. The number of rotatable bonds is 2. The first-order chi connectivity index (χ1) is 3.34. The lowest BCUT2D eigenvalue weighted by molar-refractivity contribution is 0.289. The lowest BCUT2D eigenvalue weighted by Crippen LogP contribution is -1.98. The fourth-order valence-electron chi connectivity index (χ4n) is 0.791. The molecule has 0 aromatic carbocycles. The Kier molecular flexibility index (Phi) is 1.31. The molecule has 1 saturated carbocycles. The summed E-state index contributed by atoms with van der Waals surface area (Å²) >= 11 is 0. The monoisotopic (exact) mass is 102 g/mol. The highest BCUT2D eigenvalue weighted by atomic mass is 19.1. The van der Waals surface area contributed by atoms with E-state index in [2.05, 4.69) is 0 Å². The summed E-state index contributed by atoms with van der Waals surface area (Å²) in [5.74, 6) is 0.449. The van der Waals surface area contributed by atoms with Crippen LogP contribution in [0.1, 0.15) is 26.2 Å². The minimum absolute atomic E-state index is 0.449. The van der Waals surface area contributed by atoms with Crippen LogP contribution in [-0.4, -0.2) is 6.17 Å². The Hall–Kier alpha value is -0.0700. The third-order valence-electron chi connectivity index (χ3n) is 1.52. The van der Waals surface area contributed by atoms with Gasteiger partial charge in [0.2, 0.25) is 0 Å². The van der Waals surface area contributed by atoms with Crippen molar-refractivity contribution in [1.29, 1.82) is 0 Å². The maximum atomic E-state index is 12.3. The first-order valence-electron chi connectivity index (χ1n) is 2.98. The Bertz CT molecular complexity index is 57.2. The van der Waals surface area contributed by atoms with Gasteiger partial charge in [0.15, 0.2) is 0 Å². The van der Waals surface area contributed by atoms with Crippen LogP contribution in [0, 0.1) is 5.92 Å². The summed E-state index contributed by atoms with van der Waals surface area (Å²) in [7, 11) is 0. The van der Waals surface area contributed by atoms with Gasteiger partial charge < -0.3 is 0 Å². The molecule has 0 aromatic rings. The van der Waals surface area contributed by atoms with E-state index >= 15 is 0 Å². The maximum Gasteiger partial charge on any atom is 0.103 e. The van der Waals surface area contributed by atoms with Crippen molar-refractivity contribution in [2.75, 3.05) is 0 Å². The third kappa shape index (κ3) is 1.15. The van der Waals surface area contributed by atoms with Crippen molar-refractivity contribution in [3.63, 3.8) is 0 Å². The SMILES string of the molecule is CC[C@H](F)C1CC1. The quantitative estimate of drug-likeness (QED) is 0.501. The highest BCUT2D eigenvalue weighted by Crippen LogP contribution is 2.35. The van der Waals surface area contributed by atoms with Crippen LogP contribution in [-0.2, 0) is 0 Å². The molecule has 0 unspecified atom stereocenters. The van der Waals surface area contributed by atoms with Crippen LogP contribution >= 0.6 is 0 Å². The van der Waals surface area contributed by atoms with E-state index in [1.807, 2.05) is 6.92 Å². The molecule has 0 aliphatic heterocycles. The highest BCUT2D eigenvalue weighted by molar-refractivity contribution is 4.79. The minimum Gasteiger partial charge on any atom is -0.247 e. The van der Waals surface area contributed by atoms with Crippen molar-refractivity contribution in [2.24, 2.45) is 5.92 Å². The summed E-state index contributed by atoms with van der Waals surface area (Å²) in [6.07, 6.45) is 2.49. The Labute approximate surface area is 43.7 Å². The number of hydrogen-bond donors (Lipinski definition) is 0. The van der Waals surface area contributed by atoms with Gasteiger partial charge >= 0.3 is 0 Å². The Morgan fingerprint density at radius 3 is 2.43 bits per heavy atom. The van der Waals surface area contributed by atoms with Crippen LogP contribution in [0.5, 0.6) is 0 Å². The zero-order valence-electron chi connectivity index (χ0n) is 4.65. The highest BCUT2D eigenvalue weighted by Gasteiger charge is 2.29. The predicted octanol–water partition coefficient (Wildman–Crippen LogP) is 2.14. The molecule has 0 bridgehead atoms.